The second-order valence-corrected chi connectivity index (χ2v) is 5.50. The van der Waals surface area contributed by atoms with Gasteiger partial charge in [0.2, 0.25) is 5.95 Å². The van der Waals surface area contributed by atoms with Crippen LogP contribution in [0.25, 0.3) is 16.0 Å². The van der Waals surface area contributed by atoms with Gasteiger partial charge in [-0.05, 0) is 13.0 Å². The summed E-state index contributed by atoms with van der Waals surface area (Å²) in [5.74, 6) is 5.65. The van der Waals surface area contributed by atoms with E-state index in [4.69, 9.17) is 5.84 Å². The van der Waals surface area contributed by atoms with Crippen molar-refractivity contribution < 1.29 is 13.2 Å². The number of aryl methyl sites for hydroxylation is 1. The molecule has 3 aromatic rings. The highest BCUT2D eigenvalue weighted by molar-refractivity contribution is 7.18. The third kappa shape index (κ3) is 2.43. The van der Waals surface area contributed by atoms with E-state index in [2.05, 4.69) is 20.5 Å². The van der Waals surface area contributed by atoms with Crippen molar-refractivity contribution >= 4 is 27.5 Å². The SMILES string of the molecule is Cc1cc2c(-n3cc(C(F)(F)F)cn3)nc(NN)nc2s1. The first kappa shape index (κ1) is 13.8. The van der Waals surface area contributed by atoms with E-state index in [9.17, 15) is 13.2 Å². The number of nitrogens with one attached hydrogen (secondary N) is 1. The standard InChI is InChI=1S/C11H9F3N6S/c1-5-2-7-8(17-10(19-15)18-9(7)21-5)20-4-6(3-16-20)11(12,13)14/h2-4H,15H2,1H3,(H,17,18,19). The van der Waals surface area contributed by atoms with Crippen LogP contribution in [0.1, 0.15) is 10.4 Å². The number of nitrogens with zero attached hydrogens (tertiary/aromatic N) is 4. The van der Waals surface area contributed by atoms with E-state index in [1.165, 1.54) is 11.3 Å². The molecule has 0 saturated heterocycles. The maximum atomic E-state index is 12.7. The predicted molar refractivity (Wildman–Crippen MR) is 72.1 cm³/mol. The molecule has 0 saturated carbocycles. The molecule has 0 amide bonds. The Hall–Kier alpha value is -2.20. The Morgan fingerprint density at radius 2 is 2.10 bits per heavy atom. The van der Waals surface area contributed by atoms with Crippen molar-refractivity contribution in [2.24, 2.45) is 5.84 Å². The Bertz CT molecular complexity index is 806. The monoisotopic (exact) mass is 314 g/mol. The van der Waals surface area contributed by atoms with Crippen LogP contribution in [-0.2, 0) is 6.18 Å². The third-order valence-corrected chi connectivity index (χ3v) is 3.70. The quantitative estimate of drug-likeness (QED) is 0.561. The van der Waals surface area contributed by atoms with Crippen molar-refractivity contribution in [2.75, 3.05) is 5.43 Å². The smallest absolute Gasteiger partial charge is 0.292 e. The van der Waals surface area contributed by atoms with E-state index in [-0.39, 0.29) is 11.8 Å². The summed E-state index contributed by atoms with van der Waals surface area (Å²) in [7, 11) is 0. The fourth-order valence-electron chi connectivity index (χ4n) is 1.85. The maximum absolute atomic E-state index is 12.7. The summed E-state index contributed by atoms with van der Waals surface area (Å²) in [6, 6.07) is 1.80. The van der Waals surface area contributed by atoms with E-state index < -0.39 is 11.7 Å². The first-order valence-electron chi connectivity index (χ1n) is 5.75. The number of hydrogen-bond acceptors (Lipinski definition) is 6. The molecule has 6 nitrogen and oxygen atoms in total. The third-order valence-electron chi connectivity index (χ3n) is 2.75. The Kier molecular flexibility index (Phi) is 3.06. The van der Waals surface area contributed by atoms with Gasteiger partial charge in [0.25, 0.3) is 0 Å². The Morgan fingerprint density at radius 3 is 2.71 bits per heavy atom. The minimum atomic E-state index is -4.45. The Labute approximate surface area is 120 Å². The van der Waals surface area contributed by atoms with Crippen molar-refractivity contribution in [3.63, 3.8) is 0 Å². The second kappa shape index (κ2) is 4.67. The van der Waals surface area contributed by atoms with Gasteiger partial charge in [-0.3, -0.25) is 5.43 Å². The summed E-state index contributed by atoms with van der Waals surface area (Å²) in [5.41, 5.74) is 1.45. The van der Waals surface area contributed by atoms with Crippen molar-refractivity contribution in [2.45, 2.75) is 13.1 Å². The maximum Gasteiger partial charge on any atom is 0.419 e. The van der Waals surface area contributed by atoms with Gasteiger partial charge in [-0.15, -0.1) is 11.3 Å². The predicted octanol–water partition coefficient (Wildman–Crippen LogP) is 2.49. The summed E-state index contributed by atoms with van der Waals surface area (Å²) >= 11 is 1.39. The molecule has 110 valence electrons. The summed E-state index contributed by atoms with van der Waals surface area (Å²) in [6.45, 7) is 1.87. The molecule has 0 aliphatic carbocycles. The topological polar surface area (TPSA) is 81.7 Å². The highest BCUT2D eigenvalue weighted by atomic mass is 32.1. The molecule has 0 atom stereocenters. The van der Waals surface area contributed by atoms with Crippen LogP contribution in [0.15, 0.2) is 18.5 Å². The minimum absolute atomic E-state index is 0.114. The molecular formula is C11H9F3N6S. The van der Waals surface area contributed by atoms with Crippen LogP contribution in [0.4, 0.5) is 19.1 Å². The zero-order valence-corrected chi connectivity index (χ0v) is 11.5. The largest absolute Gasteiger partial charge is 0.419 e. The van der Waals surface area contributed by atoms with Gasteiger partial charge in [-0.2, -0.15) is 23.3 Å². The zero-order valence-electron chi connectivity index (χ0n) is 10.6. The fourth-order valence-corrected chi connectivity index (χ4v) is 2.73. The van der Waals surface area contributed by atoms with Crippen molar-refractivity contribution in [3.8, 4) is 5.82 Å². The van der Waals surface area contributed by atoms with Crippen LogP contribution in [0.5, 0.6) is 0 Å². The number of nitrogen functional groups attached to an aromatic ring is 1. The number of halogens is 3. The number of anilines is 1. The first-order valence-corrected chi connectivity index (χ1v) is 6.57. The molecule has 3 rings (SSSR count). The number of alkyl halides is 3. The molecule has 3 N–H and O–H groups in total. The number of aromatic nitrogens is 4. The lowest BCUT2D eigenvalue weighted by Crippen LogP contribution is -2.12. The molecule has 0 spiro atoms. The number of hydrogen-bond donors (Lipinski definition) is 2. The van der Waals surface area contributed by atoms with Gasteiger partial charge < -0.3 is 0 Å². The van der Waals surface area contributed by atoms with Gasteiger partial charge in [0.15, 0.2) is 5.82 Å². The summed E-state index contributed by atoms with van der Waals surface area (Å²) in [5, 5.41) is 4.35. The average Bonchev–Trinajstić information content (AvgIpc) is 3.01. The molecule has 0 unspecified atom stereocenters. The molecule has 0 radical (unpaired) electrons. The van der Waals surface area contributed by atoms with Crippen LogP contribution in [0.3, 0.4) is 0 Å². The van der Waals surface area contributed by atoms with E-state index >= 15 is 0 Å². The van der Waals surface area contributed by atoms with E-state index in [0.717, 1.165) is 22.0 Å². The van der Waals surface area contributed by atoms with E-state index in [1.54, 1.807) is 6.07 Å². The van der Waals surface area contributed by atoms with E-state index in [1.807, 2.05) is 6.92 Å². The molecule has 0 aromatic carbocycles. The van der Waals surface area contributed by atoms with Gasteiger partial charge >= 0.3 is 6.18 Å². The van der Waals surface area contributed by atoms with Gasteiger partial charge in [-0.1, -0.05) is 0 Å². The van der Waals surface area contributed by atoms with Crippen molar-refractivity contribution in [1.82, 2.24) is 19.7 Å². The normalized spacial score (nSPS) is 12.0. The highest BCUT2D eigenvalue weighted by Crippen LogP contribution is 2.31. The Morgan fingerprint density at radius 1 is 1.33 bits per heavy atom. The molecule has 0 aliphatic heterocycles. The average molecular weight is 314 g/mol. The molecular weight excluding hydrogens is 305 g/mol. The molecule has 0 aliphatic rings. The van der Waals surface area contributed by atoms with Crippen LogP contribution in [-0.4, -0.2) is 19.7 Å². The summed E-state index contributed by atoms with van der Waals surface area (Å²) in [4.78, 5) is 9.83. The number of rotatable bonds is 2. The lowest BCUT2D eigenvalue weighted by molar-refractivity contribution is -0.137. The lowest BCUT2D eigenvalue weighted by Gasteiger charge is -2.05. The minimum Gasteiger partial charge on any atom is -0.292 e. The highest BCUT2D eigenvalue weighted by Gasteiger charge is 2.32. The molecule has 3 aromatic heterocycles. The zero-order chi connectivity index (χ0) is 15.2. The molecule has 10 heteroatoms. The number of hydrazine groups is 1. The Balaban J connectivity index is 2.21. The lowest BCUT2D eigenvalue weighted by atomic mass is 10.3. The second-order valence-electron chi connectivity index (χ2n) is 4.26. The molecule has 21 heavy (non-hydrogen) atoms. The molecule has 0 fully saturated rings. The summed E-state index contributed by atoms with van der Waals surface area (Å²) in [6.07, 6.45) is -2.82. The number of nitrogens with two attached hydrogens (primary N) is 1. The number of thiophene rings is 1. The van der Waals surface area contributed by atoms with Gasteiger partial charge in [0.05, 0.1) is 17.1 Å². The van der Waals surface area contributed by atoms with Crippen LogP contribution >= 0.6 is 11.3 Å². The van der Waals surface area contributed by atoms with Crippen molar-refractivity contribution in [3.05, 3.63) is 28.9 Å². The molecule has 0 bridgehead atoms. The number of fused-ring (bicyclic) bond motifs is 1. The van der Waals surface area contributed by atoms with E-state index in [0.29, 0.717) is 10.2 Å². The van der Waals surface area contributed by atoms with Crippen LogP contribution in [0.2, 0.25) is 0 Å². The van der Waals surface area contributed by atoms with Crippen LogP contribution < -0.4 is 11.3 Å². The fraction of sp³-hybridized carbons (Fsp3) is 0.182. The van der Waals surface area contributed by atoms with Gasteiger partial charge in [0.1, 0.15) is 4.83 Å². The van der Waals surface area contributed by atoms with Gasteiger partial charge in [-0.25, -0.2) is 15.5 Å². The summed E-state index contributed by atoms with van der Waals surface area (Å²) < 4.78 is 39.1. The first-order chi connectivity index (χ1) is 9.88. The molecule has 3 heterocycles. The van der Waals surface area contributed by atoms with Gasteiger partial charge in [0, 0.05) is 11.1 Å². The van der Waals surface area contributed by atoms with Crippen molar-refractivity contribution in [1.29, 1.82) is 0 Å². The van der Waals surface area contributed by atoms with Crippen LogP contribution in [0, 0.1) is 6.92 Å².